The number of hydrogen-bond acceptors (Lipinski definition) is 4. The Labute approximate surface area is 193 Å². The van der Waals surface area contributed by atoms with Gasteiger partial charge >= 0.3 is 45.2 Å². The minimum absolute atomic E-state index is 0.176. The maximum Gasteiger partial charge on any atom is 0.460 e. The van der Waals surface area contributed by atoms with Gasteiger partial charge < -0.3 is 9.08 Å². The summed E-state index contributed by atoms with van der Waals surface area (Å²) >= 11 is 0. The second-order valence-electron chi connectivity index (χ2n) is 6.85. The van der Waals surface area contributed by atoms with E-state index in [1.807, 2.05) is 0 Å². The molecule has 208 valence electrons. The van der Waals surface area contributed by atoms with Crippen LogP contribution in [0.2, 0.25) is 0 Å². The Kier molecular flexibility index (Phi) is 8.28. The first-order chi connectivity index (χ1) is 15.9. The lowest BCUT2D eigenvalue weighted by Crippen LogP contribution is -2.71. The Morgan fingerprint density at radius 2 is 1.11 bits per heavy atom. The third kappa shape index (κ3) is 4.77. The molecule has 0 bridgehead atoms. The molecule has 0 fully saturated rings. The predicted octanol–water partition coefficient (Wildman–Crippen LogP) is 5.57. The van der Waals surface area contributed by atoms with Gasteiger partial charge in [-0.15, -0.1) is 0 Å². The van der Waals surface area contributed by atoms with Gasteiger partial charge in [-0.3, -0.25) is 4.79 Å². The van der Waals surface area contributed by atoms with Crippen LogP contribution in [0.4, 0.5) is 57.1 Å². The Hall–Kier alpha value is -2.47. The van der Waals surface area contributed by atoms with Crippen LogP contribution in [-0.2, 0) is 10.1 Å². The maximum atomic E-state index is 13.9. The quantitative estimate of drug-likeness (QED) is 0.270. The zero-order valence-electron chi connectivity index (χ0n) is 17.6. The van der Waals surface area contributed by atoms with Gasteiger partial charge in [0.2, 0.25) is 0 Å². The Balaban J connectivity index is 3.42. The molecule has 19 heteroatoms. The molecule has 0 N–H and O–H groups in total. The zero-order valence-corrected chi connectivity index (χ0v) is 18.4. The van der Waals surface area contributed by atoms with Gasteiger partial charge in [0, 0.05) is 18.7 Å². The fraction of sp³-hybridized carbons (Fsp3) is 0.588. The average molecular weight is 575 g/mol. The van der Waals surface area contributed by atoms with E-state index in [0.29, 0.717) is 24.3 Å². The first-order valence-corrected chi connectivity index (χ1v) is 10.6. The van der Waals surface area contributed by atoms with Gasteiger partial charge in [-0.05, 0) is 38.1 Å². The molecule has 0 aliphatic carbocycles. The summed E-state index contributed by atoms with van der Waals surface area (Å²) < 4.78 is 197. The molecule has 0 spiro atoms. The molecule has 0 aliphatic heterocycles. The van der Waals surface area contributed by atoms with Crippen LogP contribution in [0.3, 0.4) is 0 Å². The number of alkyl halides is 13. The SMILES string of the molecule is CCN(CC)C(=O)c1ccc(OS(=O)(=O)C(F)(F)C(F)(F)C(F)(F)C(F)(F)C(F)(F)C(F)(F)F)cc1. The van der Waals surface area contributed by atoms with Gasteiger partial charge in [-0.25, -0.2) is 0 Å². The van der Waals surface area contributed by atoms with Crippen molar-refractivity contribution in [2.45, 2.75) is 49.0 Å². The summed E-state index contributed by atoms with van der Waals surface area (Å²) in [4.78, 5) is 13.3. The van der Waals surface area contributed by atoms with Crippen LogP contribution in [0.5, 0.6) is 5.75 Å². The molecule has 0 aromatic heterocycles. The fourth-order valence-electron chi connectivity index (χ4n) is 2.44. The highest BCUT2D eigenvalue weighted by atomic mass is 32.2. The minimum Gasteiger partial charge on any atom is -0.378 e. The molecule has 5 nitrogen and oxygen atoms in total. The smallest absolute Gasteiger partial charge is 0.378 e. The molecule has 0 radical (unpaired) electrons. The van der Waals surface area contributed by atoms with E-state index < -0.39 is 56.9 Å². The monoisotopic (exact) mass is 575 g/mol. The van der Waals surface area contributed by atoms with Gasteiger partial charge in [-0.2, -0.15) is 65.5 Å². The van der Waals surface area contributed by atoms with Crippen molar-refractivity contribution in [2.75, 3.05) is 13.1 Å². The molecule has 1 amide bonds. The van der Waals surface area contributed by atoms with Crippen molar-refractivity contribution in [3.05, 3.63) is 29.8 Å². The van der Waals surface area contributed by atoms with E-state index in [1.54, 1.807) is 13.8 Å². The lowest BCUT2D eigenvalue weighted by atomic mass is 9.98. The number of benzene rings is 1. The molecule has 1 aromatic carbocycles. The fourth-order valence-corrected chi connectivity index (χ4v) is 3.35. The Morgan fingerprint density at radius 3 is 1.47 bits per heavy atom. The second-order valence-corrected chi connectivity index (χ2v) is 8.44. The highest BCUT2D eigenvalue weighted by molar-refractivity contribution is 7.88. The van der Waals surface area contributed by atoms with Gasteiger partial charge in [0.15, 0.2) is 0 Å². The first-order valence-electron chi connectivity index (χ1n) is 9.16. The number of carbonyl (C=O) groups is 1. The number of rotatable bonds is 10. The summed E-state index contributed by atoms with van der Waals surface area (Å²) in [5.74, 6) is -34.7. The van der Waals surface area contributed by atoms with Crippen LogP contribution >= 0.6 is 0 Å². The Bertz CT molecular complexity index is 1050. The lowest BCUT2D eigenvalue weighted by Gasteiger charge is -2.38. The predicted molar refractivity (Wildman–Crippen MR) is 94.0 cm³/mol. The summed E-state index contributed by atoms with van der Waals surface area (Å²) in [5.41, 5.74) is -0.235. The maximum absolute atomic E-state index is 13.9. The van der Waals surface area contributed by atoms with E-state index in [1.165, 1.54) is 4.90 Å². The van der Waals surface area contributed by atoms with Gasteiger partial charge in [0.1, 0.15) is 5.75 Å². The minimum atomic E-state index is -8.29. The average Bonchev–Trinajstić information content (AvgIpc) is 2.73. The zero-order chi connectivity index (χ0) is 28.8. The summed E-state index contributed by atoms with van der Waals surface area (Å²) in [6, 6.07) is 2.17. The van der Waals surface area contributed by atoms with Crippen molar-refractivity contribution in [3.8, 4) is 5.75 Å². The largest absolute Gasteiger partial charge is 0.460 e. The van der Waals surface area contributed by atoms with Crippen LogP contribution in [-0.4, -0.2) is 67.4 Å². The summed E-state index contributed by atoms with van der Waals surface area (Å²) in [5, 5.41) is -7.48. The van der Waals surface area contributed by atoms with Crippen LogP contribution in [0.1, 0.15) is 24.2 Å². The highest BCUT2D eigenvalue weighted by Crippen LogP contribution is 2.61. The molecular formula is C17H14F13NO4S. The summed E-state index contributed by atoms with van der Waals surface area (Å²) in [6.45, 7) is 3.46. The molecular weight excluding hydrogens is 561 g/mol. The van der Waals surface area contributed by atoms with Gasteiger partial charge in [0.25, 0.3) is 5.91 Å². The molecule has 0 saturated heterocycles. The normalized spacial score (nSPS) is 14.5. The van der Waals surface area contributed by atoms with Crippen molar-refractivity contribution >= 4 is 16.0 Å². The van der Waals surface area contributed by atoms with E-state index in [0.717, 1.165) is 0 Å². The molecule has 0 aliphatic rings. The highest BCUT2D eigenvalue weighted by Gasteiger charge is 2.93. The standard InChI is InChI=1S/C17H14F13NO4S/c1-3-31(4-2)11(32)9-5-7-10(8-6-9)35-36(33,34)17(29,30)15(24,25)13(20,21)12(18,19)14(22,23)16(26,27)28/h5-8H,3-4H2,1-2H3. The second kappa shape index (κ2) is 9.44. The molecule has 0 heterocycles. The van der Waals surface area contributed by atoms with Gasteiger partial charge in [-0.1, -0.05) is 0 Å². The lowest BCUT2D eigenvalue weighted by molar-refractivity contribution is -0.433. The van der Waals surface area contributed by atoms with Crippen molar-refractivity contribution in [3.63, 3.8) is 0 Å². The molecule has 1 aromatic rings. The van der Waals surface area contributed by atoms with E-state index in [2.05, 4.69) is 4.18 Å². The molecule has 1 rings (SSSR count). The number of halogens is 13. The third-order valence-electron chi connectivity index (χ3n) is 4.58. The summed E-state index contributed by atoms with van der Waals surface area (Å²) in [6.07, 6.45) is -7.63. The van der Waals surface area contributed by atoms with Crippen LogP contribution in [0, 0.1) is 0 Å². The van der Waals surface area contributed by atoms with E-state index in [9.17, 15) is 70.3 Å². The van der Waals surface area contributed by atoms with Crippen LogP contribution in [0.25, 0.3) is 0 Å². The molecule has 0 unspecified atom stereocenters. The molecule has 0 atom stereocenters. The van der Waals surface area contributed by atoms with Crippen LogP contribution in [0.15, 0.2) is 24.3 Å². The van der Waals surface area contributed by atoms with E-state index in [4.69, 9.17) is 0 Å². The number of amides is 1. The molecule has 0 saturated carbocycles. The molecule has 36 heavy (non-hydrogen) atoms. The Morgan fingerprint density at radius 1 is 0.722 bits per heavy atom. The topological polar surface area (TPSA) is 63.7 Å². The number of nitrogens with zero attached hydrogens (tertiary/aromatic N) is 1. The van der Waals surface area contributed by atoms with Gasteiger partial charge in [0.05, 0.1) is 0 Å². The van der Waals surface area contributed by atoms with Crippen molar-refractivity contribution in [1.29, 1.82) is 0 Å². The first kappa shape index (κ1) is 31.6. The summed E-state index contributed by atoms with van der Waals surface area (Å²) in [7, 11) is -7.47. The van der Waals surface area contributed by atoms with Crippen molar-refractivity contribution in [1.82, 2.24) is 4.90 Å². The number of hydrogen-bond donors (Lipinski definition) is 0. The van der Waals surface area contributed by atoms with E-state index in [-0.39, 0.29) is 18.7 Å². The van der Waals surface area contributed by atoms with E-state index >= 15 is 0 Å². The van der Waals surface area contributed by atoms with Crippen LogP contribution < -0.4 is 4.18 Å². The third-order valence-corrected chi connectivity index (χ3v) is 5.87. The van der Waals surface area contributed by atoms with Crippen molar-refractivity contribution in [2.24, 2.45) is 0 Å². The van der Waals surface area contributed by atoms with Crippen molar-refractivity contribution < 1.29 is 74.5 Å². The number of carbonyl (C=O) groups excluding carboxylic acids is 1.